The molecule has 112 valence electrons. The van der Waals surface area contributed by atoms with Crippen molar-refractivity contribution in [2.24, 2.45) is 5.92 Å². The Morgan fingerprint density at radius 2 is 1.76 bits per heavy atom. The molecule has 2 aliphatic rings. The van der Waals surface area contributed by atoms with Crippen molar-refractivity contribution in [1.82, 2.24) is 15.5 Å². The van der Waals surface area contributed by atoms with Crippen LogP contribution in [0.4, 0.5) is 0 Å². The second-order valence-electron chi connectivity index (χ2n) is 5.72. The van der Waals surface area contributed by atoms with Crippen LogP contribution < -0.4 is 10.6 Å². The maximum atomic E-state index is 12.2. The van der Waals surface area contributed by atoms with E-state index in [1.165, 1.54) is 11.1 Å². The molecule has 21 heavy (non-hydrogen) atoms. The normalized spacial score (nSPS) is 18.4. The monoisotopic (exact) mass is 287 g/mol. The standard InChI is InChI=1S/C16H21N3O2/c20-15(19-7-5-17-6-8-19)11-18-16(21)14-9-12-3-1-2-4-13(12)10-14/h1-4,14,17H,5-11H2,(H,18,21). The third-order valence-corrected chi connectivity index (χ3v) is 4.31. The topological polar surface area (TPSA) is 61.4 Å². The summed E-state index contributed by atoms with van der Waals surface area (Å²) in [6.45, 7) is 3.23. The van der Waals surface area contributed by atoms with Crippen LogP contribution in [0.1, 0.15) is 11.1 Å². The van der Waals surface area contributed by atoms with Crippen molar-refractivity contribution in [1.29, 1.82) is 0 Å². The summed E-state index contributed by atoms with van der Waals surface area (Å²) in [6, 6.07) is 8.17. The predicted molar refractivity (Wildman–Crippen MR) is 79.8 cm³/mol. The highest BCUT2D eigenvalue weighted by Gasteiger charge is 2.27. The summed E-state index contributed by atoms with van der Waals surface area (Å²) < 4.78 is 0. The third-order valence-electron chi connectivity index (χ3n) is 4.31. The van der Waals surface area contributed by atoms with Gasteiger partial charge in [-0.05, 0) is 24.0 Å². The van der Waals surface area contributed by atoms with Crippen LogP contribution in [-0.2, 0) is 22.4 Å². The SMILES string of the molecule is O=C(NCC(=O)N1CCNCC1)C1Cc2ccccc2C1. The van der Waals surface area contributed by atoms with Gasteiger partial charge >= 0.3 is 0 Å². The number of rotatable bonds is 3. The summed E-state index contributed by atoms with van der Waals surface area (Å²) in [4.78, 5) is 26.0. The van der Waals surface area contributed by atoms with E-state index in [9.17, 15) is 9.59 Å². The average Bonchev–Trinajstić information content (AvgIpc) is 2.97. The Morgan fingerprint density at radius 1 is 1.14 bits per heavy atom. The van der Waals surface area contributed by atoms with Gasteiger partial charge in [-0.25, -0.2) is 0 Å². The first kappa shape index (κ1) is 14.1. The van der Waals surface area contributed by atoms with E-state index in [0.29, 0.717) is 0 Å². The van der Waals surface area contributed by atoms with Crippen molar-refractivity contribution in [2.45, 2.75) is 12.8 Å². The summed E-state index contributed by atoms with van der Waals surface area (Å²) in [5, 5.41) is 6.01. The Bertz CT molecular complexity index is 513. The van der Waals surface area contributed by atoms with Crippen LogP contribution >= 0.6 is 0 Å². The van der Waals surface area contributed by atoms with E-state index in [0.717, 1.165) is 39.0 Å². The van der Waals surface area contributed by atoms with Crippen LogP contribution in [-0.4, -0.2) is 49.4 Å². The van der Waals surface area contributed by atoms with Crippen LogP contribution in [0.3, 0.4) is 0 Å². The molecule has 1 heterocycles. The molecule has 0 bridgehead atoms. The smallest absolute Gasteiger partial charge is 0.242 e. The average molecular weight is 287 g/mol. The van der Waals surface area contributed by atoms with Gasteiger partial charge in [-0.3, -0.25) is 9.59 Å². The zero-order valence-corrected chi connectivity index (χ0v) is 12.1. The fraction of sp³-hybridized carbons (Fsp3) is 0.500. The van der Waals surface area contributed by atoms with Crippen LogP contribution in [0, 0.1) is 5.92 Å². The van der Waals surface area contributed by atoms with Gasteiger partial charge in [-0.1, -0.05) is 24.3 Å². The van der Waals surface area contributed by atoms with Gasteiger partial charge < -0.3 is 15.5 Å². The van der Waals surface area contributed by atoms with Crippen LogP contribution in [0.2, 0.25) is 0 Å². The van der Waals surface area contributed by atoms with Crippen molar-refractivity contribution in [3.05, 3.63) is 35.4 Å². The molecule has 1 aliphatic carbocycles. The molecule has 0 spiro atoms. The predicted octanol–water partition coefficient (Wildman–Crippen LogP) is -0.0506. The van der Waals surface area contributed by atoms with E-state index >= 15 is 0 Å². The molecule has 1 saturated heterocycles. The fourth-order valence-electron chi connectivity index (χ4n) is 3.08. The van der Waals surface area contributed by atoms with Crippen molar-refractivity contribution in [2.75, 3.05) is 32.7 Å². The second-order valence-corrected chi connectivity index (χ2v) is 5.72. The summed E-state index contributed by atoms with van der Waals surface area (Å²) in [6.07, 6.45) is 1.56. The second kappa shape index (κ2) is 6.26. The number of hydrogen-bond donors (Lipinski definition) is 2. The molecule has 0 aromatic heterocycles. The molecule has 1 aromatic carbocycles. The van der Waals surface area contributed by atoms with Crippen LogP contribution in [0.25, 0.3) is 0 Å². The third kappa shape index (κ3) is 3.24. The molecule has 0 radical (unpaired) electrons. The van der Waals surface area contributed by atoms with Gasteiger partial charge in [-0.2, -0.15) is 0 Å². The Morgan fingerprint density at radius 3 is 2.38 bits per heavy atom. The highest BCUT2D eigenvalue weighted by atomic mass is 16.2. The molecule has 5 nitrogen and oxygen atoms in total. The molecular weight excluding hydrogens is 266 g/mol. The minimum absolute atomic E-state index is 0.00492. The Balaban J connectivity index is 1.48. The number of carbonyl (C=O) groups is 2. The number of nitrogens with one attached hydrogen (secondary N) is 2. The van der Waals surface area contributed by atoms with Gasteiger partial charge in [0.05, 0.1) is 6.54 Å². The molecule has 2 amide bonds. The summed E-state index contributed by atoms with van der Waals surface area (Å²) in [7, 11) is 0. The first-order valence-corrected chi connectivity index (χ1v) is 7.57. The molecule has 1 fully saturated rings. The maximum absolute atomic E-state index is 12.2. The molecule has 1 aromatic rings. The summed E-state index contributed by atoms with van der Waals surface area (Å²) in [5.74, 6) is -0.0201. The molecule has 5 heteroatoms. The number of fused-ring (bicyclic) bond motifs is 1. The van der Waals surface area contributed by atoms with Gasteiger partial charge in [0.25, 0.3) is 0 Å². The lowest BCUT2D eigenvalue weighted by Crippen LogP contribution is -2.50. The molecule has 0 saturated carbocycles. The lowest BCUT2D eigenvalue weighted by atomic mass is 10.1. The Labute approximate surface area is 124 Å². The summed E-state index contributed by atoms with van der Waals surface area (Å²) in [5.41, 5.74) is 2.51. The van der Waals surface area contributed by atoms with E-state index in [4.69, 9.17) is 0 Å². The number of piperazine rings is 1. The molecule has 3 rings (SSSR count). The van der Waals surface area contributed by atoms with Crippen LogP contribution in [0.5, 0.6) is 0 Å². The molecular formula is C16H21N3O2. The fourth-order valence-corrected chi connectivity index (χ4v) is 3.08. The molecule has 0 unspecified atom stereocenters. The highest BCUT2D eigenvalue weighted by Crippen LogP contribution is 2.26. The largest absolute Gasteiger partial charge is 0.347 e. The quantitative estimate of drug-likeness (QED) is 0.819. The van der Waals surface area contributed by atoms with E-state index in [2.05, 4.69) is 22.8 Å². The minimum Gasteiger partial charge on any atom is -0.347 e. The van der Waals surface area contributed by atoms with Gasteiger partial charge in [-0.15, -0.1) is 0 Å². The van der Waals surface area contributed by atoms with E-state index < -0.39 is 0 Å². The number of nitrogens with zero attached hydrogens (tertiary/aromatic N) is 1. The number of amides is 2. The zero-order chi connectivity index (χ0) is 14.7. The zero-order valence-electron chi connectivity index (χ0n) is 12.1. The van der Waals surface area contributed by atoms with E-state index in [1.807, 2.05) is 12.1 Å². The van der Waals surface area contributed by atoms with Gasteiger partial charge in [0, 0.05) is 32.1 Å². The van der Waals surface area contributed by atoms with Crippen molar-refractivity contribution in [3.8, 4) is 0 Å². The maximum Gasteiger partial charge on any atom is 0.242 e. The first-order valence-electron chi connectivity index (χ1n) is 7.57. The van der Waals surface area contributed by atoms with Gasteiger partial charge in [0.2, 0.25) is 11.8 Å². The number of hydrogen-bond acceptors (Lipinski definition) is 3. The van der Waals surface area contributed by atoms with Gasteiger partial charge in [0.1, 0.15) is 0 Å². The van der Waals surface area contributed by atoms with E-state index in [-0.39, 0.29) is 24.3 Å². The van der Waals surface area contributed by atoms with Gasteiger partial charge in [0.15, 0.2) is 0 Å². The lowest BCUT2D eigenvalue weighted by Gasteiger charge is -2.27. The number of benzene rings is 1. The number of carbonyl (C=O) groups excluding carboxylic acids is 2. The molecule has 0 atom stereocenters. The molecule has 2 N–H and O–H groups in total. The Hall–Kier alpha value is -1.88. The minimum atomic E-state index is -0.0294. The lowest BCUT2D eigenvalue weighted by molar-refractivity contribution is -0.134. The summed E-state index contributed by atoms with van der Waals surface area (Å²) >= 11 is 0. The Kier molecular flexibility index (Phi) is 4.20. The highest BCUT2D eigenvalue weighted by molar-refractivity contribution is 5.86. The molecule has 1 aliphatic heterocycles. The van der Waals surface area contributed by atoms with E-state index in [1.54, 1.807) is 4.90 Å². The first-order chi connectivity index (χ1) is 10.2. The van der Waals surface area contributed by atoms with Crippen molar-refractivity contribution >= 4 is 11.8 Å². The van der Waals surface area contributed by atoms with Crippen molar-refractivity contribution in [3.63, 3.8) is 0 Å². The van der Waals surface area contributed by atoms with Crippen molar-refractivity contribution < 1.29 is 9.59 Å². The van der Waals surface area contributed by atoms with Crippen LogP contribution in [0.15, 0.2) is 24.3 Å².